The van der Waals surface area contributed by atoms with Crippen molar-refractivity contribution in [1.29, 1.82) is 0 Å². The van der Waals surface area contributed by atoms with Gasteiger partial charge in [-0.25, -0.2) is 4.79 Å². The minimum atomic E-state index is -0.699. The van der Waals surface area contributed by atoms with Crippen LogP contribution in [0.3, 0.4) is 0 Å². The first kappa shape index (κ1) is 15.8. The molecule has 6 heteroatoms. The Hall–Kier alpha value is -2.24. The lowest BCUT2D eigenvalue weighted by atomic mass is 10.2. The molecule has 2 amide bonds. The standard InChI is InChI=1S/C14H20N3O3/c1-9(12(15)18)16-10-6-5-7-11(8-10)17-13(19)20-14(2,3)4/h5-9,15-16H,1-4H3,(H,17,19). The van der Waals surface area contributed by atoms with Gasteiger partial charge in [0, 0.05) is 11.4 Å². The Bertz CT molecular complexity index is 495. The molecule has 1 unspecified atom stereocenters. The molecule has 1 aromatic rings. The molecule has 1 aromatic carbocycles. The first-order valence-corrected chi connectivity index (χ1v) is 6.29. The van der Waals surface area contributed by atoms with Gasteiger partial charge in [-0.2, -0.15) is 0 Å². The van der Waals surface area contributed by atoms with E-state index in [4.69, 9.17) is 10.5 Å². The summed E-state index contributed by atoms with van der Waals surface area (Å²) in [6.07, 6.45) is -0.542. The largest absolute Gasteiger partial charge is 0.444 e. The molecule has 109 valence electrons. The summed E-state index contributed by atoms with van der Waals surface area (Å²) in [6.45, 7) is 6.95. The highest BCUT2D eigenvalue weighted by Crippen LogP contribution is 2.17. The van der Waals surface area contributed by atoms with Crippen LogP contribution >= 0.6 is 0 Å². The second kappa shape index (κ2) is 6.27. The zero-order chi connectivity index (χ0) is 15.3. The van der Waals surface area contributed by atoms with Crippen LogP contribution in [0.4, 0.5) is 16.2 Å². The molecule has 20 heavy (non-hydrogen) atoms. The van der Waals surface area contributed by atoms with Gasteiger partial charge in [-0.05, 0) is 45.9 Å². The van der Waals surface area contributed by atoms with E-state index in [9.17, 15) is 9.59 Å². The molecule has 0 spiro atoms. The predicted molar refractivity (Wildman–Crippen MR) is 77.5 cm³/mol. The first-order chi connectivity index (χ1) is 9.17. The number of anilines is 2. The number of ether oxygens (including phenoxy) is 1. The topological polar surface area (TPSA) is 91.2 Å². The molecule has 0 aliphatic carbocycles. The highest BCUT2D eigenvalue weighted by Gasteiger charge is 2.16. The maximum Gasteiger partial charge on any atom is 0.412 e. The third-order valence-electron chi connectivity index (χ3n) is 2.28. The van der Waals surface area contributed by atoms with Crippen LogP contribution in [0.15, 0.2) is 24.3 Å². The average Bonchev–Trinajstić information content (AvgIpc) is 2.26. The van der Waals surface area contributed by atoms with Gasteiger partial charge in [0.05, 0.1) is 0 Å². The van der Waals surface area contributed by atoms with Gasteiger partial charge in [0.15, 0.2) is 0 Å². The fourth-order valence-corrected chi connectivity index (χ4v) is 1.42. The number of nitrogens with one attached hydrogen (secondary N) is 3. The van der Waals surface area contributed by atoms with Gasteiger partial charge in [-0.3, -0.25) is 15.8 Å². The minimum Gasteiger partial charge on any atom is -0.444 e. The molecule has 0 aliphatic heterocycles. The summed E-state index contributed by atoms with van der Waals surface area (Å²) in [5, 5.41) is 5.48. The molecular weight excluding hydrogens is 258 g/mol. The lowest BCUT2D eigenvalue weighted by molar-refractivity contribution is -0.119. The zero-order valence-corrected chi connectivity index (χ0v) is 12.1. The van der Waals surface area contributed by atoms with E-state index >= 15 is 0 Å². The van der Waals surface area contributed by atoms with E-state index in [1.54, 1.807) is 52.0 Å². The molecule has 0 saturated carbocycles. The molecule has 0 bridgehead atoms. The predicted octanol–water partition coefficient (Wildman–Crippen LogP) is 2.64. The smallest absolute Gasteiger partial charge is 0.412 e. The van der Waals surface area contributed by atoms with Gasteiger partial charge in [0.1, 0.15) is 11.6 Å². The fourth-order valence-electron chi connectivity index (χ4n) is 1.42. The number of amides is 2. The number of rotatable bonds is 4. The lowest BCUT2D eigenvalue weighted by Gasteiger charge is -2.20. The number of benzene rings is 1. The van der Waals surface area contributed by atoms with Crippen molar-refractivity contribution < 1.29 is 14.3 Å². The van der Waals surface area contributed by atoms with E-state index in [0.29, 0.717) is 11.4 Å². The molecule has 0 aromatic heterocycles. The molecule has 0 saturated heterocycles. The molecule has 0 aliphatic rings. The van der Waals surface area contributed by atoms with E-state index in [1.807, 2.05) is 0 Å². The van der Waals surface area contributed by atoms with Crippen molar-refractivity contribution in [3.05, 3.63) is 24.3 Å². The van der Waals surface area contributed by atoms with Crippen LogP contribution in [0.2, 0.25) is 0 Å². The van der Waals surface area contributed by atoms with Crippen molar-refractivity contribution in [2.45, 2.75) is 39.3 Å². The molecule has 1 rings (SSSR count). The normalized spacial score (nSPS) is 12.4. The van der Waals surface area contributed by atoms with Gasteiger partial charge < -0.3 is 10.1 Å². The monoisotopic (exact) mass is 278 g/mol. The van der Waals surface area contributed by atoms with Gasteiger partial charge in [0.2, 0.25) is 0 Å². The summed E-state index contributed by atoms with van der Waals surface area (Å²) in [6, 6.07) is 6.26. The van der Waals surface area contributed by atoms with E-state index in [2.05, 4.69) is 10.6 Å². The van der Waals surface area contributed by atoms with Crippen LogP contribution in [0.1, 0.15) is 27.7 Å². The summed E-state index contributed by atoms with van der Waals surface area (Å²) >= 11 is 0. The van der Waals surface area contributed by atoms with Gasteiger partial charge in [0.25, 0.3) is 5.91 Å². The van der Waals surface area contributed by atoms with Crippen LogP contribution < -0.4 is 16.4 Å². The minimum absolute atomic E-state index is 0.542. The molecule has 6 nitrogen and oxygen atoms in total. The second-order valence-corrected chi connectivity index (χ2v) is 5.44. The highest BCUT2D eigenvalue weighted by molar-refractivity contribution is 5.86. The Balaban J connectivity index is 2.69. The van der Waals surface area contributed by atoms with Crippen molar-refractivity contribution >= 4 is 23.4 Å². The fraction of sp³-hybridized carbons (Fsp3) is 0.429. The van der Waals surface area contributed by atoms with Crippen molar-refractivity contribution in [3.8, 4) is 0 Å². The average molecular weight is 278 g/mol. The first-order valence-electron chi connectivity index (χ1n) is 6.29. The van der Waals surface area contributed by atoms with Crippen LogP contribution in [0, 0.1) is 0 Å². The summed E-state index contributed by atoms with van der Waals surface area (Å²) in [5.74, 6) is -0.699. The number of carbonyl (C=O) groups excluding carboxylic acids is 2. The molecular formula is C14H20N3O3. The zero-order valence-electron chi connectivity index (χ0n) is 12.1. The molecule has 1 atom stereocenters. The van der Waals surface area contributed by atoms with Crippen molar-refractivity contribution in [1.82, 2.24) is 5.73 Å². The Labute approximate surface area is 118 Å². The van der Waals surface area contributed by atoms with Crippen LogP contribution in [-0.4, -0.2) is 23.6 Å². The third-order valence-corrected chi connectivity index (χ3v) is 2.28. The van der Waals surface area contributed by atoms with Crippen molar-refractivity contribution in [3.63, 3.8) is 0 Å². The van der Waals surface area contributed by atoms with Gasteiger partial charge >= 0.3 is 6.09 Å². The maximum absolute atomic E-state index is 11.6. The van der Waals surface area contributed by atoms with Crippen LogP contribution in [0.5, 0.6) is 0 Å². The SMILES string of the molecule is CC(Nc1cccc(NC(=O)OC(C)(C)C)c1)C([NH])=O. The molecule has 1 radical (unpaired) electrons. The van der Waals surface area contributed by atoms with Gasteiger partial charge in [-0.1, -0.05) is 6.07 Å². The van der Waals surface area contributed by atoms with Crippen LogP contribution in [-0.2, 0) is 9.53 Å². The summed E-state index contributed by atoms with van der Waals surface area (Å²) in [5.41, 5.74) is 7.64. The highest BCUT2D eigenvalue weighted by atomic mass is 16.6. The quantitative estimate of drug-likeness (QED) is 0.885. The third kappa shape index (κ3) is 5.60. The Morgan fingerprint density at radius 3 is 2.40 bits per heavy atom. The number of carbonyl (C=O) groups is 2. The lowest BCUT2D eigenvalue weighted by Crippen LogP contribution is -2.27. The van der Waals surface area contributed by atoms with E-state index in [1.165, 1.54) is 0 Å². The van der Waals surface area contributed by atoms with E-state index in [0.717, 1.165) is 0 Å². The van der Waals surface area contributed by atoms with E-state index < -0.39 is 23.6 Å². The van der Waals surface area contributed by atoms with Gasteiger partial charge in [-0.15, -0.1) is 0 Å². The molecule has 3 N–H and O–H groups in total. The van der Waals surface area contributed by atoms with Crippen molar-refractivity contribution in [2.24, 2.45) is 0 Å². The second-order valence-electron chi connectivity index (χ2n) is 5.44. The van der Waals surface area contributed by atoms with E-state index in [-0.39, 0.29) is 0 Å². The summed E-state index contributed by atoms with van der Waals surface area (Å²) in [7, 11) is 0. The Kier molecular flexibility index (Phi) is 4.96. The van der Waals surface area contributed by atoms with Crippen molar-refractivity contribution in [2.75, 3.05) is 10.6 Å². The molecule has 0 fully saturated rings. The summed E-state index contributed by atoms with van der Waals surface area (Å²) < 4.78 is 5.15. The Morgan fingerprint density at radius 2 is 1.85 bits per heavy atom. The Morgan fingerprint density at radius 1 is 1.25 bits per heavy atom. The summed E-state index contributed by atoms with van der Waals surface area (Å²) in [4.78, 5) is 22.5. The molecule has 0 heterocycles. The number of hydrogen-bond acceptors (Lipinski definition) is 4. The maximum atomic E-state index is 11.6. The van der Waals surface area contributed by atoms with Crippen LogP contribution in [0.25, 0.3) is 0 Å². The number of hydrogen-bond donors (Lipinski definition) is 2.